The zero-order valence-electron chi connectivity index (χ0n) is 11.8. The van der Waals surface area contributed by atoms with Crippen LogP contribution in [0.2, 0.25) is 0 Å². The lowest BCUT2D eigenvalue weighted by molar-refractivity contribution is 0.190. The summed E-state index contributed by atoms with van der Waals surface area (Å²) in [6.45, 7) is 5.37. The van der Waals surface area contributed by atoms with Gasteiger partial charge in [-0.05, 0) is 45.4 Å². The second kappa shape index (κ2) is 5.84. The molecule has 104 valence electrons. The van der Waals surface area contributed by atoms with Crippen LogP contribution < -0.4 is 11.1 Å². The van der Waals surface area contributed by atoms with Crippen molar-refractivity contribution < 1.29 is 0 Å². The minimum atomic E-state index is 0.411. The molecule has 0 aliphatic carbocycles. The van der Waals surface area contributed by atoms with Crippen LogP contribution in [0.4, 0.5) is 5.82 Å². The van der Waals surface area contributed by atoms with Crippen molar-refractivity contribution in [1.29, 1.82) is 0 Å². The van der Waals surface area contributed by atoms with Crippen LogP contribution in [0.3, 0.4) is 0 Å². The Hall–Kier alpha value is -1.20. The number of piperidine rings is 1. The maximum atomic E-state index is 5.81. The Balaban J connectivity index is 2.15. The molecule has 1 aromatic rings. The number of pyridine rings is 1. The molecule has 1 aromatic heterocycles. The maximum Gasteiger partial charge on any atom is 0.136 e. The maximum absolute atomic E-state index is 5.81. The largest absolute Gasteiger partial charge is 0.389 e. The first-order chi connectivity index (χ1) is 8.99. The highest BCUT2D eigenvalue weighted by Crippen LogP contribution is 2.22. The summed E-state index contributed by atoms with van der Waals surface area (Å²) in [7, 11) is 2.17. The van der Waals surface area contributed by atoms with Crippen molar-refractivity contribution in [3.05, 3.63) is 23.4 Å². The predicted molar refractivity (Wildman–Crippen MR) is 83.6 cm³/mol. The fraction of sp³-hybridized carbons (Fsp3) is 0.571. The van der Waals surface area contributed by atoms with Crippen LogP contribution in [0.5, 0.6) is 0 Å². The van der Waals surface area contributed by atoms with Crippen molar-refractivity contribution in [2.24, 2.45) is 5.73 Å². The molecule has 0 spiro atoms. The van der Waals surface area contributed by atoms with E-state index >= 15 is 0 Å². The Morgan fingerprint density at radius 3 is 2.95 bits per heavy atom. The van der Waals surface area contributed by atoms with Crippen molar-refractivity contribution in [1.82, 2.24) is 9.88 Å². The standard InChI is InChI=1S/C14H22N4S/c1-9-4-6-16-14(12(9)13(15)19)17-11-5-7-18(3)10(2)8-11/h4,6,10-11H,5,7-8H2,1-3H3,(H2,15,19)(H,16,17). The fourth-order valence-electron chi connectivity index (χ4n) is 2.59. The van der Waals surface area contributed by atoms with Gasteiger partial charge in [0.2, 0.25) is 0 Å². The van der Waals surface area contributed by atoms with Gasteiger partial charge in [0.1, 0.15) is 10.8 Å². The average molecular weight is 278 g/mol. The smallest absolute Gasteiger partial charge is 0.136 e. The van der Waals surface area contributed by atoms with Crippen molar-refractivity contribution in [2.45, 2.75) is 38.8 Å². The Morgan fingerprint density at radius 2 is 2.32 bits per heavy atom. The van der Waals surface area contributed by atoms with Crippen molar-refractivity contribution in [2.75, 3.05) is 18.9 Å². The first kappa shape index (κ1) is 14.2. The molecule has 5 heteroatoms. The molecule has 1 aliphatic heterocycles. The summed E-state index contributed by atoms with van der Waals surface area (Å²) in [5.41, 5.74) is 7.77. The van der Waals surface area contributed by atoms with Gasteiger partial charge in [0.05, 0.1) is 5.56 Å². The van der Waals surface area contributed by atoms with E-state index in [1.165, 1.54) is 0 Å². The van der Waals surface area contributed by atoms with Gasteiger partial charge in [-0.3, -0.25) is 0 Å². The van der Waals surface area contributed by atoms with E-state index in [-0.39, 0.29) is 0 Å². The Kier molecular flexibility index (Phi) is 4.37. The van der Waals surface area contributed by atoms with E-state index in [0.29, 0.717) is 17.1 Å². The summed E-state index contributed by atoms with van der Waals surface area (Å²) in [4.78, 5) is 7.20. The lowest BCUT2D eigenvalue weighted by Crippen LogP contribution is -2.43. The van der Waals surface area contributed by atoms with E-state index in [4.69, 9.17) is 18.0 Å². The van der Waals surface area contributed by atoms with E-state index in [1.807, 2.05) is 13.0 Å². The predicted octanol–water partition coefficient (Wildman–Crippen LogP) is 1.92. The summed E-state index contributed by atoms with van der Waals surface area (Å²) < 4.78 is 0. The highest BCUT2D eigenvalue weighted by atomic mass is 32.1. The molecular formula is C14H22N4S. The van der Waals surface area contributed by atoms with Gasteiger partial charge in [-0.1, -0.05) is 12.2 Å². The lowest BCUT2D eigenvalue weighted by atomic mass is 9.98. The van der Waals surface area contributed by atoms with Crippen molar-refractivity contribution in [3.63, 3.8) is 0 Å². The molecule has 0 aromatic carbocycles. The van der Waals surface area contributed by atoms with Crippen LogP contribution in [-0.4, -0.2) is 40.5 Å². The van der Waals surface area contributed by atoms with Gasteiger partial charge in [0.25, 0.3) is 0 Å². The van der Waals surface area contributed by atoms with Crippen LogP contribution in [-0.2, 0) is 0 Å². The van der Waals surface area contributed by atoms with Crippen LogP contribution >= 0.6 is 12.2 Å². The van der Waals surface area contributed by atoms with Crippen LogP contribution in [0, 0.1) is 6.92 Å². The second-order valence-electron chi connectivity index (χ2n) is 5.41. The third-order valence-electron chi connectivity index (χ3n) is 3.95. The Labute approximate surface area is 120 Å². The third-order valence-corrected chi connectivity index (χ3v) is 4.16. The molecule has 2 unspecified atom stereocenters. The molecular weight excluding hydrogens is 256 g/mol. The number of hydrogen-bond donors (Lipinski definition) is 2. The highest BCUT2D eigenvalue weighted by molar-refractivity contribution is 7.80. The van der Waals surface area contributed by atoms with Crippen molar-refractivity contribution >= 4 is 23.0 Å². The van der Waals surface area contributed by atoms with Gasteiger partial charge in [0, 0.05) is 24.8 Å². The molecule has 0 bridgehead atoms. The van der Waals surface area contributed by atoms with Gasteiger partial charge in [-0.25, -0.2) is 4.98 Å². The highest BCUT2D eigenvalue weighted by Gasteiger charge is 2.23. The molecule has 4 nitrogen and oxygen atoms in total. The summed E-state index contributed by atoms with van der Waals surface area (Å²) in [6, 6.07) is 2.97. The number of likely N-dealkylation sites (tertiary alicyclic amines) is 1. The average Bonchev–Trinajstić information content (AvgIpc) is 2.33. The molecule has 0 radical (unpaired) electrons. The first-order valence-corrected chi connectivity index (χ1v) is 7.12. The molecule has 2 rings (SSSR count). The van der Waals surface area contributed by atoms with E-state index in [9.17, 15) is 0 Å². The summed E-state index contributed by atoms with van der Waals surface area (Å²) in [5, 5.41) is 3.52. The van der Waals surface area contributed by atoms with Gasteiger partial charge in [-0.15, -0.1) is 0 Å². The van der Waals surface area contributed by atoms with Crippen LogP contribution in [0.25, 0.3) is 0 Å². The molecule has 2 atom stereocenters. The number of thiocarbonyl (C=S) groups is 1. The molecule has 0 saturated carbocycles. The SMILES string of the molecule is Cc1ccnc(NC2CCN(C)C(C)C2)c1C(N)=S. The van der Waals surface area contributed by atoms with E-state index in [2.05, 4.69) is 29.2 Å². The molecule has 0 amide bonds. The van der Waals surface area contributed by atoms with Gasteiger partial charge in [-0.2, -0.15) is 0 Å². The molecule has 1 saturated heterocycles. The summed E-state index contributed by atoms with van der Waals surface area (Å²) in [5.74, 6) is 0.828. The van der Waals surface area contributed by atoms with Gasteiger partial charge < -0.3 is 16.0 Å². The quantitative estimate of drug-likeness (QED) is 0.827. The number of anilines is 1. The number of aryl methyl sites for hydroxylation is 1. The van der Waals surface area contributed by atoms with Crippen LogP contribution in [0.15, 0.2) is 12.3 Å². The number of nitrogens with zero attached hydrogens (tertiary/aromatic N) is 2. The molecule has 1 fully saturated rings. The molecule has 1 aliphatic rings. The molecule has 19 heavy (non-hydrogen) atoms. The normalized spacial score (nSPS) is 24.2. The number of nitrogens with two attached hydrogens (primary N) is 1. The topological polar surface area (TPSA) is 54.2 Å². The number of nitrogens with one attached hydrogen (secondary N) is 1. The van der Waals surface area contributed by atoms with Crippen molar-refractivity contribution in [3.8, 4) is 0 Å². The van der Waals surface area contributed by atoms with Gasteiger partial charge in [0.15, 0.2) is 0 Å². The number of rotatable bonds is 3. The summed E-state index contributed by atoms with van der Waals surface area (Å²) >= 11 is 5.14. The minimum absolute atomic E-state index is 0.411. The van der Waals surface area contributed by atoms with E-state index in [0.717, 1.165) is 36.3 Å². The second-order valence-corrected chi connectivity index (χ2v) is 5.85. The van der Waals surface area contributed by atoms with E-state index in [1.54, 1.807) is 6.20 Å². The number of hydrogen-bond acceptors (Lipinski definition) is 4. The third kappa shape index (κ3) is 3.22. The minimum Gasteiger partial charge on any atom is -0.389 e. The van der Waals surface area contributed by atoms with Gasteiger partial charge >= 0.3 is 0 Å². The lowest BCUT2D eigenvalue weighted by Gasteiger charge is -2.35. The Bertz CT molecular complexity index is 475. The fourth-order valence-corrected chi connectivity index (χ4v) is 2.85. The van der Waals surface area contributed by atoms with E-state index < -0.39 is 0 Å². The van der Waals surface area contributed by atoms with Crippen LogP contribution in [0.1, 0.15) is 30.9 Å². The Morgan fingerprint density at radius 1 is 1.58 bits per heavy atom. The number of aromatic nitrogens is 1. The molecule has 2 heterocycles. The summed E-state index contributed by atoms with van der Waals surface area (Å²) in [6.07, 6.45) is 4.04. The zero-order valence-corrected chi connectivity index (χ0v) is 12.6. The molecule has 3 N–H and O–H groups in total. The first-order valence-electron chi connectivity index (χ1n) is 6.71. The monoisotopic (exact) mass is 278 g/mol. The zero-order chi connectivity index (χ0) is 14.0.